The van der Waals surface area contributed by atoms with Crippen LogP contribution in [0, 0.1) is 10.8 Å². The molecule has 16 nitrogen and oxygen atoms in total. The molecule has 4 heterocycles. The second-order valence-corrected chi connectivity index (χ2v) is 18.5. The van der Waals surface area contributed by atoms with Gasteiger partial charge in [0.25, 0.3) is 5.91 Å². The number of urea groups is 1. The van der Waals surface area contributed by atoms with E-state index in [1.807, 2.05) is 74.0 Å². The van der Waals surface area contributed by atoms with Gasteiger partial charge in [0.15, 0.2) is 0 Å². The molecule has 0 aliphatic carbocycles. The highest BCUT2D eigenvalue weighted by atomic mass is 32.1. The van der Waals surface area contributed by atoms with Gasteiger partial charge in [0.2, 0.25) is 5.91 Å². The van der Waals surface area contributed by atoms with E-state index in [1.54, 1.807) is 50.1 Å². The number of hydrazine groups is 1. The Kier molecular flexibility index (Phi) is 15.2. The van der Waals surface area contributed by atoms with Crippen molar-refractivity contribution in [3.8, 4) is 10.6 Å². The fraction of sp³-hybridized carbons (Fsp3) is 0.488. The third kappa shape index (κ3) is 12.5. The van der Waals surface area contributed by atoms with Crippen LogP contribution in [0.1, 0.15) is 63.5 Å². The average molecular weight is 850 g/mol. The predicted molar refractivity (Wildman–Crippen MR) is 225 cm³/mol. The molecule has 0 saturated carbocycles. The van der Waals surface area contributed by atoms with Crippen LogP contribution in [0.3, 0.4) is 0 Å². The maximum atomic E-state index is 14.5. The number of methoxy groups -OCH3 is 1. The third-order valence-electron chi connectivity index (χ3n) is 9.72. The second kappa shape index (κ2) is 19.8. The van der Waals surface area contributed by atoms with Gasteiger partial charge in [-0.1, -0.05) is 71.9 Å². The van der Waals surface area contributed by atoms with Crippen LogP contribution < -0.4 is 16.1 Å². The molecule has 4 aromatic rings. The lowest BCUT2D eigenvalue weighted by Gasteiger charge is -2.38. The summed E-state index contributed by atoms with van der Waals surface area (Å²) in [5, 5.41) is 33.9. The minimum Gasteiger partial charge on any atom is -0.465 e. The number of benzene rings is 1. The number of carbonyl (C=O) groups is 4. The van der Waals surface area contributed by atoms with Gasteiger partial charge in [0.05, 0.1) is 43.2 Å². The maximum Gasteiger partial charge on any atom is 0.405 e. The quantitative estimate of drug-likeness (QED) is 0.0865. The van der Waals surface area contributed by atoms with Crippen LogP contribution in [-0.2, 0) is 40.4 Å². The van der Waals surface area contributed by atoms with Crippen molar-refractivity contribution >= 4 is 46.6 Å². The Morgan fingerprint density at radius 2 is 1.61 bits per heavy atom. The van der Waals surface area contributed by atoms with Gasteiger partial charge in [-0.15, -0.1) is 22.7 Å². The number of amides is 5. The summed E-state index contributed by atoms with van der Waals surface area (Å²) in [6, 6.07) is 9.88. The average Bonchev–Trinajstić information content (AvgIpc) is 3.91. The standard InChI is InChI=1S/C41H55N9O7S2/c1-40(2,3)33(46-38(54)55)35(52)47-49(21-29-25-59-37(44-29)27-13-15-42-16-14-27)22-31(51)30(19-26-11-9-8-10-12-26)45-36(53)34(41(4,5)6)50-18-17-48(39(50)56)20-28-24-58-32(43-28)23-57-7/h8-16,24-25,30-31,33-34,46,51H,17-23H2,1-7H3,(H,45,53)(H,47,52)(H,54,55)/t30-,31-,33+,34+/m0/s1. The van der Waals surface area contributed by atoms with Crippen LogP contribution in [0.2, 0.25) is 0 Å². The zero-order chi connectivity index (χ0) is 42.9. The van der Waals surface area contributed by atoms with Gasteiger partial charge in [0, 0.05) is 55.5 Å². The zero-order valence-electron chi connectivity index (χ0n) is 34.5. The summed E-state index contributed by atoms with van der Waals surface area (Å²) < 4.78 is 5.19. The molecule has 0 spiro atoms. The second-order valence-electron chi connectivity index (χ2n) is 16.7. The van der Waals surface area contributed by atoms with Crippen LogP contribution in [0.15, 0.2) is 65.6 Å². The number of nitrogens with zero attached hydrogens (tertiary/aromatic N) is 6. The number of hydrogen-bond acceptors (Lipinski definition) is 12. The smallest absolute Gasteiger partial charge is 0.405 e. The zero-order valence-corrected chi connectivity index (χ0v) is 36.2. The maximum absolute atomic E-state index is 14.5. The number of carbonyl (C=O) groups excluding carboxylic acids is 3. The fourth-order valence-electron chi connectivity index (χ4n) is 6.93. The predicted octanol–water partition coefficient (Wildman–Crippen LogP) is 4.76. The lowest BCUT2D eigenvalue weighted by molar-refractivity contribution is -0.133. The van der Waals surface area contributed by atoms with Crippen molar-refractivity contribution in [3.63, 3.8) is 0 Å². The number of aliphatic hydroxyl groups is 1. The Hall–Kier alpha value is -5.01. The number of nitrogens with one attached hydrogen (secondary N) is 3. The van der Waals surface area contributed by atoms with Crippen molar-refractivity contribution in [1.82, 2.24) is 45.8 Å². The molecule has 1 fully saturated rings. The summed E-state index contributed by atoms with van der Waals surface area (Å²) >= 11 is 2.87. The number of hydrogen-bond donors (Lipinski definition) is 5. The van der Waals surface area contributed by atoms with Gasteiger partial charge in [-0.3, -0.25) is 20.0 Å². The Labute approximate surface area is 353 Å². The first-order valence-corrected chi connectivity index (χ1v) is 21.1. The number of aromatic nitrogens is 3. The monoisotopic (exact) mass is 849 g/mol. The van der Waals surface area contributed by atoms with Crippen molar-refractivity contribution in [2.75, 3.05) is 26.7 Å². The minimum atomic E-state index is -1.36. The highest BCUT2D eigenvalue weighted by Gasteiger charge is 2.44. The number of thiazole rings is 2. The van der Waals surface area contributed by atoms with E-state index in [0.717, 1.165) is 26.8 Å². The fourth-order valence-corrected chi connectivity index (χ4v) is 8.51. The lowest BCUT2D eigenvalue weighted by atomic mass is 9.84. The van der Waals surface area contributed by atoms with Crippen LogP contribution in [0.5, 0.6) is 0 Å². The van der Waals surface area contributed by atoms with E-state index in [9.17, 15) is 29.4 Å². The van der Waals surface area contributed by atoms with E-state index >= 15 is 0 Å². The van der Waals surface area contributed by atoms with Crippen molar-refractivity contribution in [2.45, 2.75) is 91.9 Å². The first-order chi connectivity index (χ1) is 27.9. The molecule has 18 heteroatoms. The van der Waals surface area contributed by atoms with E-state index in [0.29, 0.717) is 31.9 Å². The van der Waals surface area contributed by atoms with Gasteiger partial charge in [-0.25, -0.2) is 24.6 Å². The summed E-state index contributed by atoms with van der Waals surface area (Å²) in [5.41, 5.74) is 4.39. The molecular formula is C41H55N9O7S2. The molecule has 1 saturated heterocycles. The molecule has 1 aliphatic rings. The molecule has 318 valence electrons. The molecule has 1 aromatic carbocycles. The number of ether oxygens (including phenoxy) is 1. The Morgan fingerprint density at radius 3 is 2.25 bits per heavy atom. The van der Waals surface area contributed by atoms with Crippen molar-refractivity contribution < 1.29 is 34.1 Å². The van der Waals surface area contributed by atoms with Gasteiger partial charge in [-0.05, 0) is 34.9 Å². The first kappa shape index (κ1) is 45.1. The summed E-state index contributed by atoms with van der Waals surface area (Å²) in [7, 11) is 1.60. The minimum absolute atomic E-state index is 0.0506. The Balaban J connectivity index is 1.40. The number of rotatable bonds is 18. The van der Waals surface area contributed by atoms with Crippen LogP contribution in [0.4, 0.5) is 9.59 Å². The van der Waals surface area contributed by atoms with Gasteiger partial charge in [0.1, 0.15) is 22.1 Å². The highest BCUT2D eigenvalue weighted by molar-refractivity contribution is 7.13. The Morgan fingerprint density at radius 1 is 0.915 bits per heavy atom. The first-order valence-electron chi connectivity index (χ1n) is 19.3. The van der Waals surface area contributed by atoms with E-state index in [4.69, 9.17) is 9.72 Å². The van der Waals surface area contributed by atoms with Gasteiger partial charge in [-0.2, -0.15) is 0 Å². The normalized spacial score (nSPS) is 15.5. The molecule has 0 radical (unpaired) electrons. The Bertz CT molecular complexity index is 2020. The summed E-state index contributed by atoms with van der Waals surface area (Å²) in [4.78, 5) is 70.7. The highest BCUT2D eigenvalue weighted by Crippen LogP contribution is 2.30. The molecule has 0 unspecified atom stereocenters. The van der Waals surface area contributed by atoms with Crippen LogP contribution in [-0.4, -0.2) is 115 Å². The molecule has 4 atom stereocenters. The van der Waals surface area contributed by atoms with Crippen LogP contribution >= 0.6 is 22.7 Å². The number of aliphatic hydroxyl groups excluding tert-OH is 1. The van der Waals surface area contributed by atoms with Crippen molar-refractivity contribution in [2.24, 2.45) is 10.8 Å². The molecule has 0 bridgehead atoms. The number of carboxylic acid groups (broad SMARTS) is 1. The molecular weight excluding hydrogens is 795 g/mol. The molecule has 1 aliphatic heterocycles. The van der Waals surface area contributed by atoms with Crippen molar-refractivity contribution in [3.05, 3.63) is 87.6 Å². The van der Waals surface area contributed by atoms with E-state index in [1.165, 1.54) is 27.7 Å². The molecule has 59 heavy (non-hydrogen) atoms. The molecule has 5 rings (SSSR count). The largest absolute Gasteiger partial charge is 0.465 e. The van der Waals surface area contributed by atoms with Gasteiger partial charge < -0.3 is 35.4 Å². The summed E-state index contributed by atoms with van der Waals surface area (Å²) in [6.45, 7) is 12.2. The van der Waals surface area contributed by atoms with E-state index < -0.39 is 53.0 Å². The summed E-state index contributed by atoms with van der Waals surface area (Å²) in [6.07, 6.45) is 0.948. The molecule has 5 amide bonds. The van der Waals surface area contributed by atoms with Crippen LogP contribution in [0.25, 0.3) is 10.6 Å². The molecule has 5 N–H and O–H groups in total. The third-order valence-corrected chi connectivity index (χ3v) is 11.5. The van der Waals surface area contributed by atoms with Gasteiger partial charge >= 0.3 is 12.1 Å². The lowest BCUT2D eigenvalue weighted by Crippen LogP contribution is -2.61. The summed E-state index contributed by atoms with van der Waals surface area (Å²) in [5.74, 6) is -1.06. The SMILES string of the molecule is COCc1nc(CN2CCN([C@H](C(=O)N[C@@H](Cc3ccccc3)[C@@H](O)CN(Cc3csc(-c4ccncc4)n3)NC(=O)[C@@H](NC(=O)O)C(C)(C)C)C(C)(C)C)C2=O)cs1. The topological polar surface area (TPSA) is 202 Å². The van der Waals surface area contributed by atoms with E-state index in [-0.39, 0.29) is 25.5 Å². The van der Waals surface area contributed by atoms with E-state index in [2.05, 4.69) is 26.0 Å². The van der Waals surface area contributed by atoms with Crippen molar-refractivity contribution in [1.29, 1.82) is 0 Å². The number of pyridine rings is 1. The molecule has 3 aromatic heterocycles.